The zero-order valence-corrected chi connectivity index (χ0v) is 11.7. The second-order valence-corrected chi connectivity index (χ2v) is 6.02. The van der Waals surface area contributed by atoms with Gasteiger partial charge in [-0.2, -0.15) is 4.79 Å². The molecular weight excluding hydrogens is 254 g/mol. The number of piperidine rings is 1. The van der Waals surface area contributed by atoms with Crippen molar-refractivity contribution in [2.24, 2.45) is 0 Å². The average molecular weight is 274 g/mol. The van der Waals surface area contributed by atoms with Crippen LogP contribution in [0, 0.1) is 0 Å². The maximum absolute atomic E-state index is 12.5. The largest absolute Gasteiger partial charge is 0.516 e. The third-order valence-electron chi connectivity index (χ3n) is 4.88. The summed E-state index contributed by atoms with van der Waals surface area (Å²) in [5, 5.41) is 0. The first-order valence-corrected chi connectivity index (χ1v) is 7.19. The van der Waals surface area contributed by atoms with Crippen molar-refractivity contribution in [2.45, 2.75) is 44.4 Å². The number of hydrogen-bond donors (Lipinski definition) is 0. The maximum Gasteiger partial charge on any atom is 0.516 e. The Morgan fingerprint density at radius 3 is 2.40 bits per heavy atom. The predicted octanol–water partition coefficient (Wildman–Crippen LogP) is 2.66. The van der Waals surface area contributed by atoms with Crippen LogP contribution in [-0.4, -0.2) is 35.5 Å². The van der Waals surface area contributed by atoms with E-state index in [0.29, 0.717) is 29.7 Å². The Kier molecular flexibility index (Phi) is 3.34. The first-order chi connectivity index (χ1) is 9.60. The summed E-state index contributed by atoms with van der Waals surface area (Å²) in [6.45, 7) is 0.306. The predicted molar refractivity (Wildman–Crippen MR) is 73.9 cm³/mol. The average Bonchev–Trinajstić information content (AvgIpc) is 2.64. The fourth-order valence-electron chi connectivity index (χ4n) is 3.57. The Balaban J connectivity index is 1.69. The van der Waals surface area contributed by atoms with E-state index in [0.717, 1.165) is 18.4 Å². The van der Waals surface area contributed by atoms with Gasteiger partial charge in [0.05, 0.1) is 19.9 Å². The Bertz CT molecular complexity index is 510. The number of carbonyl (C=O) groups is 2. The van der Waals surface area contributed by atoms with Gasteiger partial charge in [0.15, 0.2) is 0 Å². The molecule has 2 atom stereocenters. The molecule has 2 aliphatic heterocycles. The topological polar surface area (TPSA) is 43.4 Å². The van der Waals surface area contributed by atoms with Crippen molar-refractivity contribution in [3.8, 4) is 0 Å². The number of amides is 1. The van der Waals surface area contributed by atoms with E-state index >= 15 is 0 Å². The molecule has 0 aliphatic carbocycles. The maximum atomic E-state index is 12.5. The Morgan fingerprint density at radius 1 is 1.20 bits per heavy atom. The fraction of sp³-hybridized carbons (Fsp3) is 0.500. The van der Waals surface area contributed by atoms with Crippen LogP contribution in [0.4, 0.5) is 4.79 Å². The quantitative estimate of drug-likeness (QED) is 0.779. The molecule has 106 valence electrons. The van der Waals surface area contributed by atoms with Gasteiger partial charge in [-0.1, -0.05) is 30.3 Å². The van der Waals surface area contributed by atoms with E-state index < -0.39 is 0 Å². The highest BCUT2D eigenvalue weighted by Gasteiger charge is 2.57. The van der Waals surface area contributed by atoms with Crippen LogP contribution in [0.15, 0.2) is 30.3 Å². The molecule has 0 spiro atoms. The number of quaternary nitrogens is 1. The summed E-state index contributed by atoms with van der Waals surface area (Å²) in [5.74, 6) is 0.295. The second-order valence-electron chi connectivity index (χ2n) is 6.02. The van der Waals surface area contributed by atoms with Crippen LogP contribution in [0.25, 0.3) is 0 Å². The number of rotatable bonds is 2. The first-order valence-electron chi connectivity index (χ1n) is 7.19. The summed E-state index contributed by atoms with van der Waals surface area (Å²) < 4.78 is 5.80. The van der Waals surface area contributed by atoms with Gasteiger partial charge < -0.3 is 4.74 Å². The van der Waals surface area contributed by atoms with Gasteiger partial charge in [0.25, 0.3) is 0 Å². The summed E-state index contributed by atoms with van der Waals surface area (Å²) in [6, 6.07) is 9.93. The third kappa shape index (κ3) is 2.14. The molecule has 0 N–H and O–H groups in total. The molecule has 1 aromatic carbocycles. The zero-order valence-electron chi connectivity index (χ0n) is 11.7. The molecule has 2 bridgehead atoms. The lowest BCUT2D eigenvalue weighted by atomic mass is 9.99. The molecule has 1 amide bonds. The molecule has 1 aromatic rings. The van der Waals surface area contributed by atoms with Crippen molar-refractivity contribution in [1.29, 1.82) is 0 Å². The minimum atomic E-state index is -0.186. The van der Waals surface area contributed by atoms with Crippen LogP contribution in [0.2, 0.25) is 0 Å². The smallest absolute Gasteiger partial charge is 0.415 e. The number of nitrogens with zero attached hydrogens (tertiary/aromatic N) is 1. The number of fused-ring (bicyclic) bond motifs is 2. The SMILES string of the molecule is C[N+]1(C(=O)OCc2ccccc2)C2CCC1CC(=O)C2. The van der Waals surface area contributed by atoms with E-state index in [1.165, 1.54) is 0 Å². The van der Waals surface area contributed by atoms with E-state index in [1.807, 2.05) is 37.4 Å². The lowest BCUT2D eigenvalue weighted by Crippen LogP contribution is -2.61. The Labute approximate surface area is 118 Å². The summed E-state index contributed by atoms with van der Waals surface area (Å²) in [4.78, 5) is 24.2. The van der Waals surface area contributed by atoms with E-state index in [9.17, 15) is 9.59 Å². The summed E-state index contributed by atoms with van der Waals surface area (Å²) >= 11 is 0. The van der Waals surface area contributed by atoms with Crippen LogP contribution >= 0.6 is 0 Å². The Morgan fingerprint density at radius 2 is 1.80 bits per heavy atom. The lowest BCUT2D eigenvalue weighted by molar-refractivity contribution is -0.876. The van der Waals surface area contributed by atoms with Gasteiger partial charge in [0.1, 0.15) is 24.5 Å². The van der Waals surface area contributed by atoms with Gasteiger partial charge in [-0.3, -0.25) is 4.79 Å². The molecule has 2 aliphatic rings. The number of ketones is 1. The summed E-state index contributed by atoms with van der Waals surface area (Å²) in [7, 11) is 1.93. The minimum Gasteiger partial charge on any atom is -0.415 e. The molecule has 0 radical (unpaired) electrons. The van der Waals surface area contributed by atoms with Crippen LogP contribution < -0.4 is 0 Å². The molecule has 4 heteroatoms. The van der Waals surface area contributed by atoms with E-state index in [-0.39, 0.29) is 18.2 Å². The summed E-state index contributed by atoms with van der Waals surface area (Å²) in [5.41, 5.74) is 0.993. The molecule has 20 heavy (non-hydrogen) atoms. The van der Waals surface area contributed by atoms with E-state index in [4.69, 9.17) is 4.74 Å². The standard InChI is InChI=1S/C16H20NO3/c1-17(13-7-8-14(17)10-15(18)9-13)16(19)20-11-12-5-3-2-4-6-12/h2-6,13-14H,7-11H2,1H3/q+1. The molecule has 2 saturated heterocycles. The van der Waals surface area contributed by atoms with Crippen molar-refractivity contribution in [3.05, 3.63) is 35.9 Å². The van der Waals surface area contributed by atoms with E-state index in [1.54, 1.807) is 0 Å². The van der Waals surface area contributed by atoms with Crippen LogP contribution in [-0.2, 0) is 16.1 Å². The monoisotopic (exact) mass is 274 g/mol. The molecule has 2 unspecified atom stereocenters. The number of hydrogen-bond acceptors (Lipinski definition) is 3. The van der Waals surface area contributed by atoms with E-state index in [2.05, 4.69) is 0 Å². The normalized spacial score (nSPS) is 32.1. The van der Waals surface area contributed by atoms with Gasteiger partial charge in [-0.15, -0.1) is 0 Å². The fourth-order valence-corrected chi connectivity index (χ4v) is 3.57. The molecule has 0 saturated carbocycles. The van der Waals surface area contributed by atoms with Crippen molar-refractivity contribution in [1.82, 2.24) is 0 Å². The van der Waals surface area contributed by atoms with Gasteiger partial charge in [-0.25, -0.2) is 4.48 Å². The van der Waals surface area contributed by atoms with Crippen molar-refractivity contribution in [2.75, 3.05) is 7.05 Å². The summed E-state index contributed by atoms with van der Waals surface area (Å²) in [6.07, 6.45) is 2.76. The molecule has 2 heterocycles. The number of benzene rings is 1. The highest BCUT2D eigenvalue weighted by atomic mass is 16.6. The Hall–Kier alpha value is -1.68. The molecule has 4 nitrogen and oxygen atoms in total. The molecular formula is C16H20NO3+. The van der Waals surface area contributed by atoms with Gasteiger partial charge in [-0.05, 0) is 5.56 Å². The number of carbonyl (C=O) groups excluding carboxylic acids is 2. The highest BCUT2D eigenvalue weighted by molar-refractivity contribution is 5.81. The highest BCUT2D eigenvalue weighted by Crippen LogP contribution is 2.40. The van der Waals surface area contributed by atoms with Crippen molar-refractivity contribution in [3.63, 3.8) is 0 Å². The van der Waals surface area contributed by atoms with Crippen LogP contribution in [0.5, 0.6) is 0 Å². The van der Waals surface area contributed by atoms with Gasteiger partial charge >= 0.3 is 6.09 Å². The van der Waals surface area contributed by atoms with Crippen LogP contribution in [0.3, 0.4) is 0 Å². The third-order valence-corrected chi connectivity index (χ3v) is 4.88. The molecule has 3 rings (SSSR count). The molecule has 2 fully saturated rings. The molecule has 0 aromatic heterocycles. The first kappa shape index (κ1) is 13.3. The lowest BCUT2D eigenvalue weighted by Gasteiger charge is -2.39. The second kappa shape index (κ2) is 5.02. The number of ether oxygens (including phenoxy) is 1. The zero-order chi connectivity index (χ0) is 14.2. The van der Waals surface area contributed by atoms with Crippen molar-refractivity contribution < 1.29 is 18.8 Å². The van der Waals surface area contributed by atoms with Gasteiger partial charge in [0.2, 0.25) is 0 Å². The van der Waals surface area contributed by atoms with Gasteiger partial charge in [0, 0.05) is 12.8 Å². The van der Waals surface area contributed by atoms with Crippen molar-refractivity contribution >= 4 is 11.9 Å². The van der Waals surface area contributed by atoms with Crippen LogP contribution in [0.1, 0.15) is 31.2 Å². The minimum absolute atomic E-state index is 0.115. The number of Topliss-reactive ketones (excluding diaryl/α,β-unsaturated/α-hetero) is 1.